The minimum Gasteiger partial charge on any atom is -0.312 e. The first kappa shape index (κ1) is 13.7. The van der Waals surface area contributed by atoms with Crippen molar-refractivity contribution in [2.45, 2.75) is 45.8 Å². The minimum atomic E-state index is 0.0470. The van der Waals surface area contributed by atoms with Gasteiger partial charge in [-0.05, 0) is 33.7 Å². The van der Waals surface area contributed by atoms with Crippen molar-refractivity contribution in [3.05, 3.63) is 30.4 Å². The maximum absolute atomic E-state index is 4.38. The van der Waals surface area contributed by atoms with Crippen molar-refractivity contribution in [1.29, 1.82) is 0 Å². The second kappa shape index (κ2) is 5.97. The second-order valence-corrected chi connectivity index (χ2v) is 5.66. The predicted octanol–water partition coefficient (Wildman–Crippen LogP) is 1.41. The van der Waals surface area contributed by atoms with Crippen LogP contribution in [0.4, 0.5) is 0 Å². The van der Waals surface area contributed by atoms with Crippen LogP contribution in [-0.4, -0.2) is 31.3 Å². The molecule has 0 aliphatic heterocycles. The van der Waals surface area contributed by atoms with E-state index in [2.05, 4.69) is 47.7 Å². The molecule has 2 aromatic rings. The first-order valence-electron chi connectivity index (χ1n) is 6.64. The number of aryl methyl sites for hydroxylation is 1. The normalized spacial score (nSPS) is 11.9. The summed E-state index contributed by atoms with van der Waals surface area (Å²) < 4.78 is 3.85. The average Bonchev–Trinajstić information content (AvgIpc) is 2.97. The zero-order valence-electron chi connectivity index (χ0n) is 11.9. The van der Waals surface area contributed by atoms with Gasteiger partial charge in [0.2, 0.25) is 0 Å². The van der Waals surface area contributed by atoms with E-state index in [0.717, 1.165) is 26.1 Å². The first-order valence-corrected chi connectivity index (χ1v) is 6.64. The Morgan fingerprint density at radius 3 is 2.79 bits per heavy atom. The van der Waals surface area contributed by atoms with E-state index in [1.165, 1.54) is 5.56 Å². The van der Waals surface area contributed by atoms with E-state index in [4.69, 9.17) is 0 Å². The van der Waals surface area contributed by atoms with Crippen LogP contribution in [0.25, 0.3) is 0 Å². The molecule has 2 rings (SSSR count). The van der Waals surface area contributed by atoms with Gasteiger partial charge in [-0.2, -0.15) is 5.10 Å². The Balaban J connectivity index is 1.67. The Hall–Kier alpha value is -1.69. The lowest BCUT2D eigenvalue weighted by atomic mass is 10.1. The quantitative estimate of drug-likeness (QED) is 0.800. The number of hydrogen-bond donors (Lipinski definition) is 1. The molecular formula is C13H22N6. The molecule has 19 heavy (non-hydrogen) atoms. The third kappa shape index (κ3) is 4.17. The highest BCUT2D eigenvalue weighted by molar-refractivity contribution is 5.04. The highest BCUT2D eigenvalue weighted by Crippen LogP contribution is 2.12. The fraction of sp³-hybridized carbons (Fsp3) is 0.615. The molecule has 104 valence electrons. The van der Waals surface area contributed by atoms with Crippen LogP contribution in [0.5, 0.6) is 0 Å². The number of rotatable bonds is 6. The molecule has 0 bridgehead atoms. The van der Waals surface area contributed by atoms with E-state index in [0.29, 0.717) is 0 Å². The van der Waals surface area contributed by atoms with Gasteiger partial charge in [0.05, 0.1) is 17.9 Å². The van der Waals surface area contributed by atoms with Crippen LogP contribution in [-0.2, 0) is 18.6 Å². The van der Waals surface area contributed by atoms with E-state index >= 15 is 0 Å². The van der Waals surface area contributed by atoms with Crippen molar-refractivity contribution in [2.75, 3.05) is 6.54 Å². The zero-order chi connectivity index (χ0) is 13.7. The Labute approximate surface area is 113 Å². The van der Waals surface area contributed by atoms with Gasteiger partial charge in [-0.15, -0.1) is 5.10 Å². The van der Waals surface area contributed by atoms with Gasteiger partial charge in [-0.1, -0.05) is 5.21 Å². The van der Waals surface area contributed by atoms with E-state index < -0.39 is 0 Å². The molecule has 2 aromatic heterocycles. The van der Waals surface area contributed by atoms with Crippen LogP contribution in [0.1, 0.15) is 32.8 Å². The number of nitrogens with one attached hydrogen (secondary N) is 1. The van der Waals surface area contributed by atoms with Gasteiger partial charge in [0, 0.05) is 31.0 Å². The second-order valence-electron chi connectivity index (χ2n) is 5.66. The average molecular weight is 262 g/mol. The van der Waals surface area contributed by atoms with Gasteiger partial charge < -0.3 is 5.32 Å². The SMILES string of the molecule is CC(C)(C)n1cc(CNCCCn2ccnn2)cn1. The zero-order valence-corrected chi connectivity index (χ0v) is 11.9. The van der Waals surface area contributed by atoms with Gasteiger partial charge in [0.25, 0.3) is 0 Å². The third-order valence-corrected chi connectivity index (χ3v) is 2.87. The molecule has 0 amide bonds. The summed E-state index contributed by atoms with van der Waals surface area (Å²) >= 11 is 0. The van der Waals surface area contributed by atoms with Crippen LogP contribution >= 0.6 is 0 Å². The molecule has 0 atom stereocenters. The van der Waals surface area contributed by atoms with Crippen LogP contribution in [0.15, 0.2) is 24.8 Å². The Kier molecular flexibility index (Phi) is 4.31. The predicted molar refractivity (Wildman–Crippen MR) is 73.6 cm³/mol. The van der Waals surface area contributed by atoms with Gasteiger partial charge in [-0.3, -0.25) is 9.36 Å². The highest BCUT2D eigenvalue weighted by atomic mass is 15.4. The molecule has 0 aromatic carbocycles. The molecule has 0 spiro atoms. The molecule has 0 saturated heterocycles. The number of aromatic nitrogens is 5. The summed E-state index contributed by atoms with van der Waals surface area (Å²) in [6.45, 7) is 9.15. The molecular weight excluding hydrogens is 240 g/mol. The molecule has 0 radical (unpaired) electrons. The van der Waals surface area contributed by atoms with Crippen molar-refractivity contribution in [2.24, 2.45) is 0 Å². The summed E-state index contributed by atoms with van der Waals surface area (Å²) in [6, 6.07) is 0. The highest BCUT2D eigenvalue weighted by Gasteiger charge is 2.13. The van der Waals surface area contributed by atoms with Gasteiger partial charge in [0.15, 0.2) is 0 Å². The largest absolute Gasteiger partial charge is 0.312 e. The van der Waals surface area contributed by atoms with Gasteiger partial charge in [0.1, 0.15) is 0 Å². The lowest BCUT2D eigenvalue weighted by molar-refractivity contribution is 0.355. The molecule has 0 fully saturated rings. The fourth-order valence-electron chi connectivity index (χ4n) is 1.77. The van der Waals surface area contributed by atoms with Crippen LogP contribution in [0.2, 0.25) is 0 Å². The van der Waals surface area contributed by atoms with E-state index in [-0.39, 0.29) is 5.54 Å². The summed E-state index contributed by atoms with van der Waals surface area (Å²) in [7, 11) is 0. The van der Waals surface area contributed by atoms with Crippen LogP contribution in [0, 0.1) is 0 Å². The van der Waals surface area contributed by atoms with E-state index in [9.17, 15) is 0 Å². The van der Waals surface area contributed by atoms with Crippen LogP contribution in [0.3, 0.4) is 0 Å². The summed E-state index contributed by atoms with van der Waals surface area (Å²) in [6.07, 6.45) is 8.65. The number of nitrogens with zero attached hydrogens (tertiary/aromatic N) is 5. The summed E-state index contributed by atoms with van der Waals surface area (Å²) in [5, 5.41) is 15.5. The van der Waals surface area contributed by atoms with Gasteiger partial charge >= 0.3 is 0 Å². The summed E-state index contributed by atoms with van der Waals surface area (Å²) in [4.78, 5) is 0. The van der Waals surface area contributed by atoms with Crippen molar-refractivity contribution >= 4 is 0 Å². The lowest BCUT2D eigenvalue weighted by Gasteiger charge is -2.18. The van der Waals surface area contributed by atoms with Crippen molar-refractivity contribution < 1.29 is 0 Å². The van der Waals surface area contributed by atoms with Gasteiger partial charge in [-0.25, -0.2) is 0 Å². The molecule has 0 aliphatic carbocycles. The maximum Gasteiger partial charge on any atom is 0.0692 e. The van der Waals surface area contributed by atoms with Crippen LogP contribution < -0.4 is 5.32 Å². The Bertz CT molecular complexity index is 479. The minimum absolute atomic E-state index is 0.0470. The number of hydrogen-bond acceptors (Lipinski definition) is 4. The molecule has 6 nitrogen and oxygen atoms in total. The van der Waals surface area contributed by atoms with Crippen molar-refractivity contribution in [3.63, 3.8) is 0 Å². The van der Waals surface area contributed by atoms with E-state index in [1.807, 2.05) is 21.8 Å². The molecule has 6 heteroatoms. The van der Waals surface area contributed by atoms with E-state index in [1.54, 1.807) is 6.20 Å². The summed E-state index contributed by atoms with van der Waals surface area (Å²) in [5.41, 5.74) is 1.27. The Morgan fingerprint density at radius 2 is 2.16 bits per heavy atom. The first-order chi connectivity index (χ1) is 9.05. The third-order valence-electron chi connectivity index (χ3n) is 2.87. The maximum atomic E-state index is 4.38. The summed E-state index contributed by atoms with van der Waals surface area (Å²) in [5.74, 6) is 0. The topological polar surface area (TPSA) is 60.6 Å². The van der Waals surface area contributed by atoms with Crippen molar-refractivity contribution in [1.82, 2.24) is 30.1 Å². The fourth-order valence-corrected chi connectivity index (χ4v) is 1.77. The molecule has 1 N–H and O–H groups in total. The smallest absolute Gasteiger partial charge is 0.0692 e. The molecule has 0 aliphatic rings. The lowest BCUT2D eigenvalue weighted by Crippen LogP contribution is -2.22. The molecule has 0 unspecified atom stereocenters. The molecule has 0 saturated carbocycles. The standard InChI is InChI=1S/C13H22N6/c1-13(2,3)19-11-12(10-16-19)9-14-5-4-7-18-8-6-15-17-18/h6,8,10-11,14H,4-5,7,9H2,1-3H3. The van der Waals surface area contributed by atoms with Crippen molar-refractivity contribution in [3.8, 4) is 0 Å². The molecule has 2 heterocycles. The monoisotopic (exact) mass is 262 g/mol. The Morgan fingerprint density at radius 1 is 1.32 bits per heavy atom.